The van der Waals surface area contributed by atoms with E-state index in [2.05, 4.69) is 24.4 Å². The predicted octanol–water partition coefficient (Wildman–Crippen LogP) is 1.22. The summed E-state index contributed by atoms with van der Waals surface area (Å²) in [5.74, 6) is 0. The van der Waals surface area contributed by atoms with Gasteiger partial charge in [0.15, 0.2) is 0 Å². The minimum Gasteiger partial charge on any atom is -0.395 e. The number of ether oxygens (including phenoxy) is 1. The molecule has 3 nitrogen and oxygen atoms in total. The molecule has 1 saturated heterocycles. The molecule has 1 aliphatic heterocycles. The van der Waals surface area contributed by atoms with Gasteiger partial charge in [-0.25, -0.2) is 0 Å². The number of aliphatic hydroxyl groups is 1. The summed E-state index contributed by atoms with van der Waals surface area (Å²) < 4.78 is 5.22. The van der Waals surface area contributed by atoms with Crippen molar-refractivity contribution in [1.29, 1.82) is 0 Å². The summed E-state index contributed by atoms with van der Waals surface area (Å²) in [4.78, 5) is 0. The maximum atomic E-state index is 9.38. The van der Waals surface area contributed by atoms with Crippen LogP contribution >= 0.6 is 0 Å². The van der Waals surface area contributed by atoms with Crippen LogP contribution in [-0.4, -0.2) is 37.5 Å². The molecule has 2 N–H and O–H groups in total. The third kappa shape index (κ3) is 3.53. The minimum atomic E-state index is 0.134. The van der Waals surface area contributed by atoms with Crippen molar-refractivity contribution in [2.45, 2.75) is 19.4 Å². The van der Waals surface area contributed by atoms with Gasteiger partial charge >= 0.3 is 0 Å². The van der Waals surface area contributed by atoms with Crippen molar-refractivity contribution in [3.05, 3.63) is 35.9 Å². The van der Waals surface area contributed by atoms with Crippen molar-refractivity contribution in [2.75, 3.05) is 26.4 Å². The largest absolute Gasteiger partial charge is 0.395 e. The molecule has 2 rings (SSSR count). The maximum Gasteiger partial charge on any atom is 0.0587 e. The monoisotopic (exact) mass is 235 g/mol. The fourth-order valence-electron chi connectivity index (χ4n) is 2.04. The van der Waals surface area contributed by atoms with E-state index in [1.807, 2.05) is 18.2 Å². The third-order valence-electron chi connectivity index (χ3n) is 3.26. The summed E-state index contributed by atoms with van der Waals surface area (Å²) in [6.07, 6.45) is 0.869. The number of aliphatic hydroxyl groups excluding tert-OH is 1. The van der Waals surface area contributed by atoms with Gasteiger partial charge in [-0.15, -0.1) is 0 Å². The van der Waals surface area contributed by atoms with Crippen LogP contribution in [0.4, 0.5) is 0 Å². The lowest BCUT2D eigenvalue weighted by molar-refractivity contribution is -0.100. The number of hydrogen-bond acceptors (Lipinski definition) is 3. The number of rotatable bonds is 6. The van der Waals surface area contributed by atoms with Gasteiger partial charge in [-0.3, -0.25) is 0 Å². The van der Waals surface area contributed by atoms with E-state index in [0.29, 0.717) is 0 Å². The standard InChI is InChI=1S/C14H21NO2/c1-14(10-17-11-14)9-15-13(8-16)7-12-5-3-2-4-6-12/h2-6,13,15-16H,7-11H2,1H3. The SMILES string of the molecule is CC1(CNC(CO)Cc2ccccc2)COC1. The van der Waals surface area contributed by atoms with Gasteiger partial charge < -0.3 is 15.2 Å². The molecular weight excluding hydrogens is 214 g/mol. The number of hydrogen-bond donors (Lipinski definition) is 2. The highest BCUT2D eigenvalue weighted by atomic mass is 16.5. The van der Waals surface area contributed by atoms with Gasteiger partial charge in [0.1, 0.15) is 0 Å². The van der Waals surface area contributed by atoms with Crippen LogP contribution in [0.15, 0.2) is 30.3 Å². The van der Waals surface area contributed by atoms with E-state index >= 15 is 0 Å². The van der Waals surface area contributed by atoms with Crippen LogP contribution in [0.25, 0.3) is 0 Å². The summed E-state index contributed by atoms with van der Waals surface area (Å²) in [6, 6.07) is 10.4. The minimum absolute atomic E-state index is 0.134. The highest BCUT2D eigenvalue weighted by Crippen LogP contribution is 2.25. The second-order valence-corrected chi connectivity index (χ2v) is 5.25. The Hall–Kier alpha value is -0.900. The zero-order valence-corrected chi connectivity index (χ0v) is 10.4. The fourth-order valence-corrected chi connectivity index (χ4v) is 2.04. The van der Waals surface area contributed by atoms with Gasteiger partial charge in [-0.05, 0) is 12.0 Å². The third-order valence-corrected chi connectivity index (χ3v) is 3.26. The van der Waals surface area contributed by atoms with Crippen molar-refractivity contribution in [1.82, 2.24) is 5.32 Å². The maximum absolute atomic E-state index is 9.38. The van der Waals surface area contributed by atoms with Crippen LogP contribution in [0.5, 0.6) is 0 Å². The highest BCUT2D eigenvalue weighted by molar-refractivity contribution is 5.15. The van der Waals surface area contributed by atoms with Crippen molar-refractivity contribution < 1.29 is 9.84 Å². The summed E-state index contributed by atoms with van der Waals surface area (Å²) in [6.45, 7) is 4.93. The quantitative estimate of drug-likeness (QED) is 0.779. The van der Waals surface area contributed by atoms with Gasteiger partial charge in [0.2, 0.25) is 0 Å². The summed E-state index contributed by atoms with van der Waals surface area (Å²) >= 11 is 0. The van der Waals surface area contributed by atoms with Gasteiger partial charge in [0, 0.05) is 18.0 Å². The average Bonchev–Trinajstić information content (AvgIpc) is 2.33. The number of nitrogens with one attached hydrogen (secondary N) is 1. The van der Waals surface area contributed by atoms with Crippen LogP contribution in [0.2, 0.25) is 0 Å². The molecular formula is C14H21NO2. The van der Waals surface area contributed by atoms with Crippen LogP contribution in [0.1, 0.15) is 12.5 Å². The molecule has 1 unspecified atom stereocenters. The normalized spacial score (nSPS) is 19.6. The van der Waals surface area contributed by atoms with Crippen LogP contribution in [0, 0.1) is 5.41 Å². The molecule has 1 fully saturated rings. The first-order valence-corrected chi connectivity index (χ1v) is 6.18. The van der Waals surface area contributed by atoms with E-state index in [4.69, 9.17) is 4.74 Å². The molecule has 0 radical (unpaired) electrons. The van der Waals surface area contributed by atoms with E-state index in [1.54, 1.807) is 0 Å². The van der Waals surface area contributed by atoms with E-state index in [0.717, 1.165) is 26.2 Å². The van der Waals surface area contributed by atoms with Crippen molar-refractivity contribution >= 4 is 0 Å². The Balaban J connectivity index is 1.80. The van der Waals surface area contributed by atoms with Crippen molar-refractivity contribution in [2.24, 2.45) is 5.41 Å². The Morgan fingerprint density at radius 3 is 2.59 bits per heavy atom. The summed E-state index contributed by atoms with van der Waals surface area (Å²) in [5, 5.41) is 12.8. The molecule has 1 aromatic carbocycles. The molecule has 94 valence electrons. The fraction of sp³-hybridized carbons (Fsp3) is 0.571. The lowest BCUT2D eigenvalue weighted by atomic mass is 9.88. The smallest absolute Gasteiger partial charge is 0.0587 e. The molecule has 17 heavy (non-hydrogen) atoms. The first-order chi connectivity index (χ1) is 8.22. The Kier molecular flexibility index (Phi) is 4.15. The Labute approximate surface area is 103 Å². The van der Waals surface area contributed by atoms with Crippen LogP contribution in [0.3, 0.4) is 0 Å². The predicted molar refractivity (Wildman–Crippen MR) is 67.9 cm³/mol. The van der Waals surface area contributed by atoms with Crippen LogP contribution in [-0.2, 0) is 11.2 Å². The topological polar surface area (TPSA) is 41.5 Å². The van der Waals surface area contributed by atoms with Gasteiger partial charge in [0.05, 0.1) is 19.8 Å². The summed E-state index contributed by atoms with van der Waals surface area (Å²) in [7, 11) is 0. The number of benzene rings is 1. The second-order valence-electron chi connectivity index (χ2n) is 5.25. The molecule has 0 saturated carbocycles. The Bertz CT molecular complexity index is 335. The Morgan fingerprint density at radius 1 is 1.35 bits per heavy atom. The van der Waals surface area contributed by atoms with E-state index < -0.39 is 0 Å². The van der Waals surface area contributed by atoms with Gasteiger partial charge in [-0.2, -0.15) is 0 Å². The lowest BCUT2D eigenvalue weighted by Gasteiger charge is -2.39. The van der Waals surface area contributed by atoms with Crippen LogP contribution < -0.4 is 5.32 Å². The molecule has 0 bridgehead atoms. The van der Waals surface area contributed by atoms with E-state index in [1.165, 1.54) is 5.56 Å². The zero-order valence-electron chi connectivity index (χ0n) is 10.4. The molecule has 1 atom stereocenters. The zero-order chi connectivity index (χ0) is 12.1. The molecule has 1 aliphatic rings. The Morgan fingerprint density at radius 2 is 2.06 bits per heavy atom. The molecule has 1 aromatic rings. The first kappa shape index (κ1) is 12.6. The lowest BCUT2D eigenvalue weighted by Crippen LogP contribution is -2.50. The van der Waals surface area contributed by atoms with Crippen molar-refractivity contribution in [3.8, 4) is 0 Å². The first-order valence-electron chi connectivity index (χ1n) is 6.18. The van der Waals surface area contributed by atoms with E-state index in [9.17, 15) is 5.11 Å². The molecule has 0 amide bonds. The molecule has 0 aliphatic carbocycles. The average molecular weight is 235 g/mol. The molecule has 0 aromatic heterocycles. The van der Waals surface area contributed by atoms with Crippen molar-refractivity contribution in [3.63, 3.8) is 0 Å². The van der Waals surface area contributed by atoms with Gasteiger partial charge in [-0.1, -0.05) is 37.3 Å². The highest BCUT2D eigenvalue weighted by Gasteiger charge is 2.33. The summed E-state index contributed by atoms with van der Waals surface area (Å²) in [5.41, 5.74) is 1.51. The second kappa shape index (κ2) is 5.63. The molecule has 3 heteroatoms. The molecule has 1 heterocycles. The van der Waals surface area contributed by atoms with E-state index in [-0.39, 0.29) is 18.1 Å². The molecule has 0 spiro atoms. The van der Waals surface area contributed by atoms with Gasteiger partial charge in [0.25, 0.3) is 0 Å².